The molecule has 1 N–H and O–H groups in total. The van der Waals surface area contributed by atoms with Gasteiger partial charge in [0.25, 0.3) is 0 Å². The zero-order valence-electron chi connectivity index (χ0n) is 11.1. The van der Waals surface area contributed by atoms with Crippen LogP contribution in [0.25, 0.3) is 0 Å². The number of carbonyl (C=O) groups excluding carboxylic acids is 1. The summed E-state index contributed by atoms with van der Waals surface area (Å²) in [5, 5.41) is 3.27. The molecule has 0 bridgehead atoms. The van der Waals surface area contributed by atoms with Gasteiger partial charge in [-0.3, -0.25) is 4.79 Å². The van der Waals surface area contributed by atoms with Gasteiger partial charge in [0, 0.05) is 16.9 Å². The van der Waals surface area contributed by atoms with Crippen molar-refractivity contribution in [3.05, 3.63) is 54.1 Å². The number of hydrogen-bond acceptors (Lipinski definition) is 3. The maximum absolute atomic E-state index is 11.2. The summed E-state index contributed by atoms with van der Waals surface area (Å²) in [5.41, 5.74) is 2.66. The summed E-state index contributed by atoms with van der Waals surface area (Å²) < 4.78 is 5.39. The van der Waals surface area contributed by atoms with Crippen LogP contribution in [0.1, 0.15) is 24.2 Å². The minimum atomic E-state index is 0.0765. The molecule has 0 aromatic heterocycles. The highest BCUT2D eigenvalue weighted by Gasteiger charge is 1.99. The fourth-order valence-electron chi connectivity index (χ4n) is 1.76. The second kappa shape index (κ2) is 6.05. The van der Waals surface area contributed by atoms with Gasteiger partial charge in [-0.1, -0.05) is 0 Å². The molecule has 0 aliphatic carbocycles. The Labute approximate surface area is 113 Å². The maximum Gasteiger partial charge on any atom is 0.159 e. The molecule has 19 heavy (non-hydrogen) atoms. The first-order valence-electron chi connectivity index (χ1n) is 6.30. The Morgan fingerprint density at radius 2 is 1.53 bits per heavy atom. The molecule has 0 atom stereocenters. The summed E-state index contributed by atoms with van der Waals surface area (Å²) in [5.74, 6) is 0.938. The zero-order valence-corrected chi connectivity index (χ0v) is 11.1. The van der Waals surface area contributed by atoms with Crippen LogP contribution in [0.15, 0.2) is 48.5 Å². The number of carbonyl (C=O) groups is 1. The monoisotopic (exact) mass is 255 g/mol. The lowest BCUT2D eigenvalue weighted by Crippen LogP contribution is -1.94. The number of ether oxygens (including phenoxy) is 1. The van der Waals surface area contributed by atoms with E-state index in [2.05, 4.69) is 5.32 Å². The first-order valence-corrected chi connectivity index (χ1v) is 6.30. The predicted molar refractivity (Wildman–Crippen MR) is 77.3 cm³/mol. The molecule has 0 spiro atoms. The van der Waals surface area contributed by atoms with E-state index in [0.29, 0.717) is 6.61 Å². The summed E-state index contributed by atoms with van der Waals surface area (Å²) in [7, 11) is 0. The summed E-state index contributed by atoms with van der Waals surface area (Å²) in [6.45, 7) is 4.19. The van der Waals surface area contributed by atoms with E-state index >= 15 is 0 Å². The van der Waals surface area contributed by atoms with E-state index in [1.807, 2.05) is 55.5 Å². The van der Waals surface area contributed by atoms with Crippen LogP contribution in [-0.2, 0) is 0 Å². The van der Waals surface area contributed by atoms with Crippen molar-refractivity contribution in [1.82, 2.24) is 0 Å². The first-order chi connectivity index (χ1) is 9.19. The Morgan fingerprint density at radius 3 is 2.00 bits per heavy atom. The van der Waals surface area contributed by atoms with Crippen molar-refractivity contribution in [2.45, 2.75) is 13.8 Å². The molecule has 3 nitrogen and oxygen atoms in total. The van der Waals surface area contributed by atoms with Gasteiger partial charge < -0.3 is 10.1 Å². The highest BCUT2D eigenvalue weighted by Crippen LogP contribution is 2.20. The van der Waals surface area contributed by atoms with E-state index in [1.54, 1.807) is 6.92 Å². The summed E-state index contributed by atoms with van der Waals surface area (Å²) in [6, 6.07) is 15.2. The second-order valence-electron chi connectivity index (χ2n) is 4.22. The van der Waals surface area contributed by atoms with Crippen LogP contribution >= 0.6 is 0 Å². The molecule has 98 valence electrons. The minimum absolute atomic E-state index is 0.0765. The van der Waals surface area contributed by atoms with Gasteiger partial charge in [0.1, 0.15) is 5.75 Å². The SMILES string of the molecule is CCOc1ccc(Nc2ccc(C(C)=O)cc2)cc1. The lowest BCUT2D eigenvalue weighted by molar-refractivity contribution is 0.101. The van der Waals surface area contributed by atoms with Crippen LogP contribution in [0.2, 0.25) is 0 Å². The smallest absolute Gasteiger partial charge is 0.159 e. The number of Topliss-reactive ketones (excluding diaryl/α,β-unsaturated/α-hetero) is 1. The Balaban J connectivity index is 2.06. The average Bonchev–Trinajstić information content (AvgIpc) is 2.42. The molecule has 0 aliphatic rings. The van der Waals surface area contributed by atoms with Gasteiger partial charge >= 0.3 is 0 Å². The van der Waals surface area contributed by atoms with E-state index in [0.717, 1.165) is 22.7 Å². The quantitative estimate of drug-likeness (QED) is 0.820. The maximum atomic E-state index is 11.2. The molecular formula is C16H17NO2. The fraction of sp³-hybridized carbons (Fsp3) is 0.188. The third-order valence-electron chi connectivity index (χ3n) is 2.75. The average molecular weight is 255 g/mol. The number of nitrogens with one attached hydrogen (secondary N) is 1. The molecule has 0 amide bonds. The van der Waals surface area contributed by atoms with E-state index in [-0.39, 0.29) is 5.78 Å². The molecule has 3 heteroatoms. The van der Waals surface area contributed by atoms with E-state index in [1.165, 1.54) is 0 Å². The van der Waals surface area contributed by atoms with Crippen molar-refractivity contribution >= 4 is 17.2 Å². The van der Waals surface area contributed by atoms with Crippen molar-refractivity contribution in [1.29, 1.82) is 0 Å². The van der Waals surface area contributed by atoms with E-state index in [4.69, 9.17) is 4.74 Å². The van der Waals surface area contributed by atoms with Crippen LogP contribution in [-0.4, -0.2) is 12.4 Å². The first kappa shape index (κ1) is 13.1. The van der Waals surface area contributed by atoms with Gasteiger partial charge in [-0.05, 0) is 62.4 Å². The molecule has 2 rings (SSSR count). The topological polar surface area (TPSA) is 38.3 Å². The largest absolute Gasteiger partial charge is 0.494 e. The number of ketones is 1. The van der Waals surface area contributed by atoms with Crippen LogP contribution < -0.4 is 10.1 Å². The van der Waals surface area contributed by atoms with Crippen molar-refractivity contribution in [2.75, 3.05) is 11.9 Å². The van der Waals surface area contributed by atoms with E-state index < -0.39 is 0 Å². The lowest BCUT2D eigenvalue weighted by Gasteiger charge is -2.08. The molecule has 0 aliphatic heterocycles. The molecular weight excluding hydrogens is 238 g/mol. The number of rotatable bonds is 5. The molecule has 2 aromatic carbocycles. The predicted octanol–water partition coefficient (Wildman–Crippen LogP) is 4.03. The summed E-state index contributed by atoms with van der Waals surface area (Å²) >= 11 is 0. The Hall–Kier alpha value is -2.29. The number of hydrogen-bond donors (Lipinski definition) is 1. The number of benzene rings is 2. The molecule has 2 aromatic rings. The normalized spacial score (nSPS) is 10.0. The van der Waals surface area contributed by atoms with E-state index in [9.17, 15) is 4.79 Å². The fourth-order valence-corrected chi connectivity index (χ4v) is 1.76. The summed E-state index contributed by atoms with van der Waals surface area (Å²) in [6.07, 6.45) is 0. The van der Waals surface area contributed by atoms with Crippen LogP contribution in [0, 0.1) is 0 Å². The standard InChI is InChI=1S/C16H17NO2/c1-3-19-16-10-8-15(9-11-16)17-14-6-4-13(5-7-14)12(2)18/h4-11,17H,3H2,1-2H3. The van der Waals surface area contributed by atoms with Crippen LogP contribution in [0.5, 0.6) is 5.75 Å². The van der Waals surface area contributed by atoms with Gasteiger partial charge in [0.05, 0.1) is 6.61 Å². The van der Waals surface area contributed by atoms with Gasteiger partial charge in [0.15, 0.2) is 5.78 Å². The van der Waals surface area contributed by atoms with Crippen molar-refractivity contribution in [3.63, 3.8) is 0 Å². The molecule has 0 fully saturated rings. The van der Waals surface area contributed by atoms with Gasteiger partial charge in [-0.25, -0.2) is 0 Å². The third-order valence-corrected chi connectivity index (χ3v) is 2.75. The molecule has 0 heterocycles. The molecule has 0 radical (unpaired) electrons. The Kier molecular flexibility index (Phi) is 4.18. The van der Waals surface area contributed by atoms with Gasteiger partial charge in [-0.15, -0.1) is 0 Å². The zero-order chi connectivity index (χ0) is 13.7. The molecule has 0 saturated carbocycles. The van der Waals surface area contributed by atoms with Gasteiger partial charge in [0.2, 0.25) is 0 Å². The lowest BCUT2D eigenvalue weighted by atomic mass is 10.1. The Morgan fingerprint density at radius 1 is 1.00 bits per heavy atom. The van der Waals surface area contributed by atoms with Crippen LogP contribution in [0.3, 0.4) is 0 Å². The van der Waals surface area contributed by atoms with Crippen LogP contribution in [0.4, 0.5) is 11.4 Å². The summed E-state index contributed by atoms with van der Waals surface area (Å²) in [4.78, 5) is 11.2. The highest BCUT2D eigenvalue weighted by atomic mass is 16.5. The Bertz CT molecular complexity index is 544. The third kappa shape index (κ3) is 3.58. The van der Waals surface area contributed by atoms with Crippen molar-refractivity contribution < 1.29 is 9.53 Å². The highest BCUT2D eigenvalue weighted by molar-refractivity contribution is 5.94. The van der Waals surface area contributed by atoms with Gasteiger partial charge in [-0.2, -0.15) is 0 Å². The molecule has 0 unspecified atom stereocenters. The minimum Gasteiger partial charge on any atom is -0.494 e. The second-order valence-corrected chi connectivity index (χ2v) is 4.22. The molecule has 0 saturated heterocycles. The number of anilines is 2. The van der Waals surface area contributed by atoms with Crippen molar-refractivity contribution in [2.24, 2.45) is 0 Å². The van der Waals surface area contributed by atoms with Crippen molar-refractivity contribution in [3.8, 4) is 5.75 Å².